The van der Waals surface area contributed by atoms with Crippen molar-refractivity contribution in [1.82, 2.24) is 20.0 Å². The van der Waals surface area contributed by atoms with Crippen LogP contribution in [0.1, 0.15) is 61.8 Å². The lowest BCUT2D eigenvalue weighted by atomic mass is 10.1. The fraction of sp³-hybridized carbons (Fsp3) is 0.600. The van der Waals surface area contributed by atoms with Crippen LogP contribution in [0, 0.1) is 0 Å². The third-order valence-corrected chi connectivity index (χ3v) is 3.85. The quantitative estimate of drug-likeness (QED) is 0.843. The average Bonchev–Trinajstić information content (AvgIpc) is 3.03. The van der Waals surface area contributed by atoms with Crippen LogP contribution >= 0.6 is 0 Å². The van der Waals surface area contributed by atoms with E-state index >= 15 is 0 Å². The summed E-state index contributed by atoms with van der Waals surface area (Å²) in [5.41, 5.74) is 1.32. The molecule has 0 spiro atoms. The Labute approximate surface area is 119 Å². The van der Waals surface area contributed by atoms with Gasteiger partial charge in [-0.2, -0.15) is 4.98 Å². The summed E-state index contributed by atoms with van der Waals surface area (Å²) in [6, 6.07) is 2.58. The van der Waals surface area contributed by atoms with Gasteiger partial charge in [0.2, 0.25) is 5.89 Å². The van der Waals surface area contributed by atoms with E-state index in [1.807, 2.05) is 7.05 Å². The van der Waals surface area contributed by atoms with E-state index in [0.717, 1.165) is 12.2 Å². The summed E-state index contributed by atoms with van der Waals surface area (Å²) in [5, 5.41) is 7.41. The molecule has 1 unspecified atom stereocenters. The van der Waals surface area contributed by atoms with E-state index in [1.54, 1.807) is 0 Å². The Kier molecular flexibility index (Phi) is 3.87. The molecule has 2 aromatic heterocycles. The summed E-state index contributed by atoms with van der Waals surface area (Å²) in [6.45, 7) is 2.86. The van der Waals surface area contributed by atoms with Gasteiger partial charge in [-0.15, -0.1) is 0 Å². The molecule has 3 rings (SSSR count). The number of rotatable bonds is 7. The Balaban J connectivity index is 1.66. The lowest BCUT2D eigenvalue weighted by molar-refractivity contribution is 0.366. The van der Waals surface area contributed by atoms with Crippen LogP contribution < -0.4 is 5.32 Å². The SMILES string of the molecule is CCCC(NC)c1ccn(Cc2nc(C3CC3)no2)c1. The molecule has 1 fully saturated rings. The van der Waals surface area contributed by atoms with Crippen LogP contribution in [0.15, 0.2) is 23.0 Å². The average molecular weight is 274 g/mol. The van der Waals surface area contributed by atoms with Crippen molar-refractivity contribution in [2.45, 2.75) is 51.1 Å². The number of hydrogen-bond donors (Lipinski definition) is 1. The van der Waals surface area contributed by atoms with Crippen LogP contribution in [0.3, 0.4) is 0 Å². The molecule has 1 aliphatic rings. The van der Waals surface area contributed by atoms with E-state index < -0.39 is 0 Å². The van der Waals surface area contributed by atoms with E-state index in [1.165, 1.54) is 24.8 Å². The minimum Gasteiger partial charge on any atom is -0.345 e. The molecule has 20 heavy (non-hydrogen) atoms. The first-order valence-electron chi connectivity index (χ1n) is 7.45. The second kappa shape index (κ2) is 5.79. The van der Waals surface area contributed by atoms with Crippen molar-refractivity contribution in [1.29, 1.82) is 0 Å². The fourth-order valence-electron chi connectivity index (χ4n) is 2.53. The molecule has 1 aliphatic carbocycles. The zero-order valence-corrected chi connectivity index (χ0v) is 12.2. The minimum atomic E-state index is 0.422. The van der Waals surface area contributed by atoms with Crippen molar-refractivity contribution >= 4 is 0 Å². The summed E-state index contributed by atoms with van der Waals surface area (Å²) in [6.07, 6.45) is 8.97. The van der Waals surface area contributed by atoms with Crippen LogP contribution in [-0.4, -0.2) is 21.8 Å². The molecule has 2 aromatic rings. The molecule has 5 nitrogen and oxygen atoms in total. The summed E-state index contributed by atoms with van der Waals surface area (Å²) in [5.74, 6) is 2.13. The van der Waals surface area contributed by atoms with Crippen molar-refractivity contribution in [3.05, 3.63) is 35.7 Å². The van der Waals surface area contributed by atoms with Gasteiger partial charge in [-0.3, -0.25) is 0 Å². The van der Waals surface area contributed by atoms with Gasteiger partial charge in [0.15, 0.2) is 5.82 Å². The zero-order valence-electron chi connectivity index (χ0n) is 12.2. The molecular weight excluding hydrogens is 252 g/mol. The first kappa shape index (κ1) is 13.4. The Hall–Kier alpha value is -1.62. The highest BCUT2D eigenvalue weighted by Gasteiger charge is 2.28. The molecule has 108 valence electrons. The molecular formula is C15H22N4O. The Morgan fingerprint density at radius 3 is 3.05 bits per heavy atom. The lowest BCUT2D eigenvalue weighted by Crippen LogP contribution is -2.15. The fourth-order valence-corrected chi connectivity index (χ4v) is 2.53. The highest BCUT2D eigenvalue weighted by Crippen LogP contribution is 2.38. The maximum absolute atomic E-state index is 5.32. The molecule has 0 aromatic carbocycles. The van der Waals surface area contributed by atoms with Crippen LogP contribution in [0.5, 0.6) is 0 Å². The van der Waals surface area contributed by atoms with Crippen LogP contribution in [-0.2, 0) is 6.54 Å². The molecule has 1 saturated carbocycles. The molecule has 2 heterocycles. The molecule has 0 aliphatic heterocycles. The molecule has 5 heteroatoms. The van der Waals surface area contributed by atoms with Crippen LogP contribution in [0.2, 0.25) is 0 Å². The molecule has 0 saturated heterocycles. The topological polar surface area (TPSA) is 55.9 Å². The highest BCUT2D eigenvalue weighted by atomic mass is 16.5. The van der Waals surface area contributed by atoms with Crippen molar-refractivity contribution in [2.24, 2.45) is 0 Å². The zero-order chi connectivity index (χ0) is 13.9. The highest BCUT2D eigenvalue weighted by molar-refractivity contribution is 5.16. The summed E-state index contributed by atoms with van der Waals surface area (Å²) < 4.78 is 7.43. The third kappa shape index (κ3) is 2.93. The van der Waals surface area contributed by atoms with Gasteiger partial charge in [-0.25, -0.2) is 0 Å². The summed E-state index contributed by atoms with van der Waals surface area (Å²) in [4.78, 5) is 4.46. The van der Waals surface area contributed by atoms with Gasteiger partial charge in [-0.1, -0.05) is 18.5 Å². The van der Waals surface area contributed by atoms with Crippen LogP contribution in [0.4, 0.5) is 0 Å². The van der Waals surface area contributed by atoms with Gasteiger partial charge in [-0.05, 0) is 37.9 Å². The maximum Gasteiger partial charge on any atom is 0.246 e. The number of hydrogen-bond acceptors (Lipinski definition) is 4. The van der Waals surface area contributed by atoms with E-state index in [-0.39, 0.29) is 0 Å². The van der Waals surface area contributed by atoms with Gasteiger partial charge in [0.1, 0.15) is 6.54 Å². The molecule has 0 bridgehead atoms. The van der Waals surface area contributed by atoms with E-state index in [4.69, 9.17) is 4.52 Å². The molecule has 1 atom stereocenters. The molecule has 0 amide bonds. The Morgan fingerprint density at radius 1 is 1.50 bits per heavy atom. The van der Waals surface area contributed by atoms with Crippen molar-refractivity contribution in [2.75, 3.05) is 7.05 Å². The van der Waals surface area contributed by atoms with Crippen LogP contribution in [0.25, 0.3) is 0 Å². The standard InChI is InChI=1S/C15H22N4O/c1-3-4-13(16-2)12-7-8-19(9-12)10-14-17-15(18-20-14)11-5-6-11/h7-9,11,13,16H,3-6,10H2,1-2H3. The normalized spacial score (nSPS) is 16.5. The van der Waals surface area contributed by atoms with Crippen molar-refractivity contribution in [3.63, 3.8) is 0 Å². The first-order chi connectivity index (χ1) is 9.80. The minimum absolute atomic E-state index is 0.422. The predicted octanol–water partition coefficient (Wildman–Crippen LogP) is 2.86. The number of nitrogens with one attached hydrogen (secondary N) is 1. The summed E-state index contributed by atoms with van der Waals surface area (Å²) >= 11 is 0. The number of aromatic nitrogens is 3. The number of nitrogens with zero attached hydrogens (tertiary/aromatic N) is 3. The van der Waals surface area contributed by atoms with E-state index in [9.17, 15) is 0 Å². The van der Waals surface area contributed by atoms with Gasteiger partial charge in [0, 0.05) is 24.4 Å². The van der Waals surface area contributed by atoms with Gasteiger partial charge < -0.3 is 14.4 Å². The molecule has 1 N–H and O–H groups in total. The molecule has 0 radical (unpaired) electrons. The smallest absolute Gasteiger partial charge is 0.246 e. The van der Waals surface area contributed by atoms with Gasteiger partial charge in [0.25, 0.3) is 0 Å². The predicted molar refractivity (Wildman–Crippen MR) is 76.5 cm³/mol. The monoisotopic (exact) mass is 274 g/mol. The first-order valence-corrected chi connectivity index (χ1v) is 7.45. The maximum atomic E-state index is 5.32. The second-order valence-corrected chi connectivity index (χ2v) is 5.57. The van der Waals surface area contributed by atoms with Crippen molar-refractivity contribution < 1.29 is 4.52 Å². The largest absolute Gasteiger partial charge is 0.345 e. The van der Waals surface area contributed by atoms with E-state index in [2.05, 4.69) is 45.4 Å². The Bertz CT molecular complexity index is 556. The van der Waals surface area contributed by atoms with Gasteiger partial charge >= 0.3 is 0 Å². The second-order valence-electron chi connectivity index (χ2n) is 5.57. The van der Waals surface area contributed by atoms with Gasteiger partial charge in [0.05, 0.1) is 0 Å². The van der Waals surface area contributed by atoms with Crippen molar-refractivity contribution in [3.8, 4) is 0 Å². The summed E-state index contributed by atoms with van der Waals surface area (Å²) in [7, 11) is 2.01. The Morgan fingerprint density at radius 2 is 2.35 bits per heavy atom. The lowest BCUT2D eigenvalue weighted by Gasteiger charge is -2.13. The van der Waals surface area contributed by atoms with E-state index in [0.29, 0.717) is 24.4 Å². The third-order valence-electron chi connectivity index (χ3n) is 3.85.